The molecule has 1 unspecified atom stereocenters. The molecule has 0 saturated heterocycles. The monoisotopic (exact) mass is 333 g/mol. The fourth-order valence-electron chi connectivity index (χ4n) is 2.99. The van der Waals surface area contributed by atoms with E-state index in [4.69, 9.17) is 0 Å². The lowest BCUT2D eigenvalue weighted by Crippen LogP contribution is -2.12. The van der Waals surface area contributed by atoms with Crippen molar-refractivity contribution in [2.24, 2.45) is 0 Å². The smallest absolute Gasteiger partial charge is 0.126 e. The maximum atomic E-state index is 13.8. The van der Waals surface area contributed by atoms with Crippen molar-refractivity contribution < 1.29 is 9.50 Å². The van der Waals surface area contributed by atoms with E-state index in [1.54, 1.807) is 30.5 Å². The maximum absolute atomic E-state index is 13.8. The SMILES string of the molecule is Oc1cccc(C(Nc2ccccn2)c2c[nH]c3ccc(F)cc23)c1. The van der Waals surface area contributed by atoms with E-state index in [1.807, 2.05) is 30.5 Å². The second-order valence-electron chi connectivity index (χ2n) is 5.82. The number of rotatable bonds is 4. The predicted molar refractivity (Wildman–Crippen MR) is 96.1 cm³/mol. The van der Waals surface area contributed by atoms with Crippen molar-refractivity contribution in [3.8, 4) is 5.75 Å². The minimum Gasteiger partial charge on any atom is -0.508 e. The van der Waals surface area contributed by atoms with Gasteiger partial charge in [-0.1, -0.05) is 18.2 Å². The highest BCUT2D eigenvalue weighted by atomic mass is 19.1. The first kappa shape index (κ1) is 15.2. The number of H-pyrrole nitrogens is 1. The van der Waals surface area contributed by atoms with E-state index in [1.165, 1.54) is 12.1 Å². The first-order chi connectivity index (χ1) is 12.2. The molecule has 5 heteroatoms. The number of aromatic amines is 1. The molecule has 4 aromatic rings. The Hall–Kier alpha value is -3.34. The molecule has 0 spiro atoms. The predicted octanol–water partition coefficient (Wildman–Crippen LogP) is 4.61. The number of aromatic hydroxyl groups is 1. The zero-order chi connectivity index (χ0) is 17.2. The van der Waals surface area contributed by atoms with Crippen molar-refractivity contribution in [3.63, 3.8) is 0 Å². The molecule has 2 aromatic carbocycles. The first-order valence-corrected chi connectivity index (χ1v) is 7.94. The van der Waals surface area contributed by atoms with Gasteiger partial charge >= 0.3 is 0 Å². The molecule has 2 aromatic heterocycles. The molecule has 0 fully saturated rings. The van der Waals surface area contributed by atoms with Gasteiger partial charge in [-0.3, -0.25) is 0 Å². The summed E-state index contributed by atoms with van der Waals surface area (Å²) in [5.41, 5.74) is 2.59. The fourth-order valence-corrected chi connectivity index (χ4v) is 2.99. The zero-order valence-electron chi connectivity index (χ0n) is 13.3. The van der Waals surface area contributed by atoms with E-state index in [9.17, 15) is 9.50 Å². The number of fused-ring (bicyclic) bond motifs is 1. The van der Waals surface area contributed by atoms with Crippen LogP contribution in [-0.4, -0.2) is 15.1 Å². The molecular formula is C20H16FN3O. The van der Waals surface area contributed by atoms with Gasteiger partial charge in [-0.2, -0.15) is 0 Å². The molecule has 0 amide bonds. The zero-order valence-corrected chi connectivity index (χ0v) is 13.3. The van der Waals surface area contributed by atoms with E-state index in [0.29, 0.717) is 5.82 Å². The highest BCUT2D eigenvalue weighted by Gasteiger charge is 2.19. The number of phenols is 1. The maximum Gasteiger partial charge on any atom is 0.126 e. The van der Waals surface area contributed by atoms with Gasteiger partial charge in [0, 0.05) is 28.9 Å². The Kier molecular flexibility index (Phi) is 3.82. The van der Waals surface area contributed by atoms with E-state index in [-0.39, 0.29) is 17.6 Å². The van der Waals surface area contributed by atoms with Gasteiger partial charge in [0.1, 0.15) is 17.4 Å². The lowest BCUT2D eigenvalue weighted by atomic mass is 9.97. The summed E-state index contributed by atoms with van der Waals surface area (Å²) in [6, 6.07) is 17.0. The molecule has 4 rings (SSSR count). The number of nitrogens with zero attached hydrogens (tertiary/aromatic N) is 1. The van der Waals surface area contributed by atoms with Gasteiger partial charge < -0.3 is 15.4 Å². The summed E-state index contributed by atoms with van der Waals surface area (Å²) in [6.45, 7) is 0. The van der Waals surface area contributed by atoms with Gasteiger partial charge in [-0.05, 0) is 48.0 Å². The van der Waals surface area contributed by atoms with Gasteiger partial charge in [0.25, 0.3) is 0 Å². The number of phenolic OH excluding ortho intramolecular Hbond substituents is 1. The van der Waals surface area contributed by atoms with Gasteiger partial charge in [0.05, 0.1) is 6.04 Å². The highest BCUT2D eigenvalue weighted by Crippen LogP contribution is 2.33. The molecule has 0 radical (unpaired) electrons. The van der Waals surface area contributed by atoms with Crippen LogP contribution < -0.4 is 5.32 Å². The Bertz CT molecular complexity index is 1010. The first-order valence-electron chi connectivity index (χ1n) is 7.94. The molecule has 0 aliphatic heterocycles. The molecule has 4 nitrogen and oxygen atoms in total. The fraction of sp³-hybridized carbons (Fsp3) is 0.0500. The summed E-state index contributed by atoms with van der Waals surface area (Å²) in [7, 11) is 0. The minimum atomic E-state index is -0.294. The van der Waals surface area contributed by atoms with Crippen LogP contribution in [0.1, 0.15) is 17.2 Å². The average molecular weight is 333 g/mol. The highest BCUT2D eigenvalue weighted by molar-refractivity contribution is 5.84. The van der Waals surface area contributed by atoms with E-state index >= 15 is 0 Å². The number of benzene rings is 2. The van der Waals surface area contributed by atoms with Crippen molar-refractivity contribution in [2.45, 2.75) is 6.04 Å². The van der Waals surface area contributed by atoms with Gasteiger partial charge in [-0.25, -0.2) is 9.37 Å². The van der Waals surface area contributed by atoms with Crippen LogP contribution in [0.5, 0.6) is 5.75 Å². The Morgan fingerprint density at radius 2 is 1.96 bits per heavy atom. The lowest BCUT2D eigenvalue weighted by molar-refractivity contribution is 0.474. The number of halogens is 1. The molecule has 1 atom stereocenters. The van der Waals surface area contributed by atoms with Crippen LogP contribution in [0.3, 0.4) is 0 Å². The van der Waals surface area contributed by atoms with Crippen molar-refractivity contribution in [2.75, 3.05) is 5.32 Å². The standard InChI is InChI=1S/C20H16FN3O/c21-14-7-8-18-16(11-14)17(12-23-18)20(13-4-3-5-15(25)10-13)24-19-6-1-2-9-22-19/h1-12,20,23,25H,(H,22,24). The van der Waals surface area contributed by atoms with Crippen molar-refractivity contribution in [1.29, 1.82) is 0 Å². The molecule has 124 valence electrons. The Morgan fingerprint density at radius 1 is 1.04 bits per heavy atom. The van der Waals surface area contributed by atoms with Crippen LogP contribution >= 0.6 is 0 Å². The molecule has 0 bridgehead atoms. The Balaban J connectivity index is 1.85. The van der Waals surface area contributed by atoms with Crippen LogP contribution in [0.4, 0.5) is 10.2 Å². The van der Waals surface area contributed by atoms with Gasteiger partial charge in [-0.15, -0.1) is 0 Å². The number of hydrogen-bond donors (Lipinski definition) is 3. The van der Waals surface area contributed by atoms with Crippen molar-refractivity contribution in [1.82, 2.24) is 9.97 Å². The van der Waals surface area contributed by atoms with Crippen LogP contribution in [0.25, 0.3) is 10.9 Å². The molecule has 0 aliphatic carbocycles. The minimum absolute atomic E-state index is 0.177. The third kappa shape index (κ3) is 3.04. The van der Waals surface area contributed by atoms with Crippen LogP contribution in [-0.2, 0) is 0 Å². The molecule has 3 N–H and O–H groups in total. The number of pyridine rings is 1. The second-order valence-corrected chi connectivity index (χ2v) is 5.82. The van der Waals surface area contributed by atoms with Gasteiger partial charge in [0.15, 0.2) is 0 Å². The molecule has 0 aliphatic rings. The summed E-state index contributed by atoms with van der Waals surface area (Å²) in [5, 5.41) is 14.0. The number of anilines is 1. The van der Waals surface area contributed by atoms with E-state index in [2.05, 4.69) is 15.3 Å². The summed E-state index contributed by atoms with van der Waals surface area (Å²) in [6.07, 6.45) is 3.56. The van der Waals surface area contributed by atoms with E-state index < -0.39 is 0 Å². The quantitative estimate of drug-likeness (QED) is 0.511. The third-order valence-electron chi connectivity index (χ3n) is 4.15. The van der Waals surface area contributed by atoms with Crippen LogP contribution in [0.15, 0.2) is 73.1 Å². The summed E-state index contributed by atoms with van der Waals surface area (Å²) >= 11 is 0. The molecule has 2 heterocycles. The normalized spacial score (nSPS) is 12.2. The van der Waals surface area contributed by atoms with Crippen molar-refractivity contribution >= 4 is 16.7 Å². The topological polar surface area (TPSA) is 60.9 Å². The Labute approximate surface area is 144 Å². The van der Waals surface area contributed by atoms with Crippen molar-refractivity contribution in [3.05, 3.63) is 90.0 Å². The summed E-state index contributed by atoms with van der Waals surface area (Å²) < 4.78 is 13.8. The summed E-state index contributed by atoms with van der Waals surface area (Å²) in [5.74, 6) is 0.582. The third-order valence-corrected chi connectivity index (χ3v) is 4.15. The second kappa shape index (κ2) is 6.28. The number of hydrogen-bond acceptors (Lipinski definition) is 3. The molecule has 25 heavy (non-hydrogen) atoms. The molecular weight excluding hydrogens is 317 g/mol. The average Bonchev–Trinajstić information content (AvgIpc) is 3.03. The lowest BCUT2D eigenvalue weighted by Gasteiger charge is -2.20. The number of nitrogens with one attached hydrogen (secondary N) is 2. The number of aromatic nitrogens is 2. The van der Waals surface area contributed by atoms with Crippen LogP contribution in [0, 0.1) is 5.82 Å². The van der Waals surface area contributed by atoms with Gasteiger partial charge in [0.2, 0.25) is 0 Å². The summed E-state index contributed by atoms with van der Waals surface area (Å²) in [4.78, 5) is 7.49. The molecule has 0 saturated carbocycles. The van der Waals surface area contributed by atoms with E-state index in [0.717, 1.165) is 22.0 Å². The largest absolute Gasteiger partial charge is 0.508 e. The Morgan fingerprint density at radius 3 is 2.76 bits per heavy atom. The van der Waals surface area contributed by atoms with Crippen LogP contribution in [0.2, 0.25) is 0 Å².